The number of benzene rings is 1. The summed E-state index contributed by atoms with van der Waals surface area (Å²) in [7, 11) is 1.35. The zero-order valence-electron chi connectivity index (χ0n) is 10.8. The summed E-state index contributed by atoms with van der Waals surface area (Å²) in [5.74, 6) is -0.822. The van der Waals surface area contributed by atoms with Gasteiger partial charge in [-0.15, -0.1) is 0 Å². The fourth-order valence-electron chi connectivity index (χ4n) is 1.43. The molecule has 0 fully saturated rings. The van der Waals surface area contributed by atoms with E-state index >= 15 is 0 Å². The molecule has 1 amide bonds. The Morgan fingerprint density at radius 1 is 1.26 bits per heavy atom. The first-order valence-electron chi connectivity index (χ1n) is 5.87. The maximum Gasteiger partial charge on any atom is 0.337 e. The lowest BCUT2D eigenvalue weighted by atomic mass is 10.1. The summed E-state index contributed by atoms with van der Waals surface area (Å²) < 4.78 is 9.61. The summed E-state index contributed by atoms with van der Waals surface area (Å²) in [6, 6.07) is 7.13. The Labute approximate surface area is 111 Å². The van der Waals surface area contributed by atoms with Crippen LogP contribution in [-0.4, -0.2) is 38.7 Å². The number of primary amides is 1. The van der Waals surface area contributed by atoms with E-state index in [1.807, 2.05) is 12.1 Å². The molecule has 1 aromatic rings. The summed E-state index contributed by atoms with van der Waals surface area (Å²) in [6.45, 7) is 1.63. The van der Waals surface area contributed by atoms with Crippen LogP contribution in [0, 0.1) is 0 Å². The number of rotatable bonds is 8. The topological polar surface area (TPSA) is 90.7 Å². The number of hydrogen-bond donors (Lipinski definition) is 2. The van der Waals surface area contributed by atoms with Crippen molar-refractivity contribution in [2.45, 2.75) is 6.54 Å². The number of nitrogens with one attached hydrogen (secondary N) is 1. The second-order valence-corrected chi connectivity index (χ2v) is 3.88. The summed E-state index contributed by atoms with van der Waals surface area (Å²) in [5, 5.41) is 3.14. The van der Waals surface area contributed by atoms with Gasteiger partial charge in [-0.3, -0.25) is 4.79 Å². The molecule has 0 aromatic heterocycles. The van der Waals surface area contributed by atoms with Crippen LogP contribution in [0.15, 0.2) is 24.3 Å². The summed E-state index contributed by atoms with van der Waals surface area (Å²) in [4.78, 5) is 21.6. The minimum absolute atomic E-state index is 0.0600. The molecular weight excluding hydrogens is 248 g/mol. The first-order valence-corrected chi connectivity index (χ1v) is 5.87. The molecule has 0 saturated heterocycles. The van der Waals surface area contributed by atoms with Crippen LogP contribution in [-0.2, 0) is 20.8 Å². The van der Waals surface area contributed by atoms with Crippen LogP contribution in [0.5, 0.6) is 0 Å². The molecule has 0 aliphatic heterocycles. The number of nitrogens with two attached hydrogens (primary N) is 1. The molecule has 3 N–H and O–H groups in total. The first-order chi connectivity index (χ1) is 9.13. The Bertz CT molecular complexity index is 417. The number of hydrogen-bond acceptors (Lipinski definition) is 5. The minimum atomic E-state index is -0.474. The summed E-state index contributed by atoms with van der Waals surface area (Å²) >= 11 is 0. The lowest BCUT2D eigenvalue weighted by Crippen LogP contribution is -2.23. The molecule has 0 heterocycles. The SMILES string of the molecule is COC(=O)c1ccc(CNCCOCC(N)=O)cc1. The van der Waals surface area contributed by atoms with Gasteiger partial charge in [-0.05, 0) is 17.7 Å². The Balaban J connectivity index is 2.23. The number of methoxy groups -OCH3 is 1. The summed E-state index contributed by atoms with van der Waals surface area (Å²) in [6.07, 6.45) is 0. The highest BCUT2D eigenvalue weighted by Crippen LogP contribution is 2.05. The van der Waals surface area contributed by atoms with E-state index in [9.17, 15) is 9.59 Å². The van der Waals surface area contributed by atoms with Crippen molar-refractivity contribution in [2.24, 2.45) is 5.73 Å². The number of carbonyl (C=O) groups is 2. The second-order valence-electron chi connectivity index (χ2n) is 3.88. The van der Waals surface area contributed by atoms with E-state index in [2.05, 4.69) is 10.1 Å². The van der Waals surface area contributed by atoms with Crippen LogP contribution in [0.2, 0.25) is 0 Å². The average Bonchev–Trinajstić information content (AvgIpc) is 2.42. The van der Waals surface area contributed by atoms with Gasteiger partial charge < -0.3 is 20.5 Å². The van der Waals surface area contributed by atoms with E-state index in [1.165, 1.54) is 7.11 Å². The maximum atomic E-state index is 11.2. The molecule has 0 spiro atoms. The van der Waals surface area contributed by atoms with E-state index in [0.717, 1.165) is 5.56 Å². The maximum absolute atomic E-state index is 11.2. The quantitative estimate of drug-likeness (QED) is 0.513. The standard InChI is InChI=1S/C13H18N2O4/c1-18-13(17)11-4-2-10(3-5-11)8-15-6-7-19-9-12(14)16/h2-5,15H,6-9H2,1H3,(H2,14,16). The summed E-state index contributed by atoms with van der Waals surface area (Å²) in [5.41, 5.74) is 6.49. The number of esters is 1. The fraction of sp³-hybridized carbons (Fsp3) is 0.385. The molecule has 0 radical (unpaired) electrons. The average molecular weight is 266 g/mol. The van der Waals surface area contributed by atoms with Gasteiger partial charge in [0, 0.05) is 13.1 Å². The first kappa shape index (κ1) is 15.1. The molecule has 0 saturated carbocycles. The molecular formula is C13H18N2O4. The zero-order chi connectivity index (χ0) is 14.1. The predicted molar refractivity (Wildman–Crippen MR) is 69.5 cm³/mol. The number of carbonyl (C=O) groups excluding carboxylic acids is 2. The number of amides is 1. The van der Waals surface area contributed by atoms with Crippen molar-refractivity contribution in [3.8, 4) is 0 Å². The molecule has 0 atom stereocenters. The van der Waals surface area contributed by atoms with Crippen molar-refractivity contribution in [3.05, 3.63) is 35.4 Å². The molecule has 0 aliphatic rings. The van der Waals surface area contributed by atoms with Gasteiger partial charge in [0.15, 0.2) is 0 Å². The molecule has 6 nitrogen and oxygen atoms in total. The van der Waals surface area contributed by atoms with Crippen LogP contribution in [0.3, 0.4) is 0 Å². The highest BCUT2D eigenvalue weighted by Gasteiger charge is 2.03. The fourth-order valence-corrected chi connectivity index (χ4v) is 1.43. The van der Waals surface area contributed by atoms with E-state index in [1.54, 1.807) is 12.1 Å². The van der Waals surface area contributed by atoms with Gasteiger partial charge in [-0.2, -0.15) is 0 Å². The second kappa shape index (κ2) is 8.23. The van der Waals surface area contributed by atoms with Crippen molar-refractivity contribution < 1.29 is 19.1 Å². The lowest BCUT2D eigenvalue weighted by molar-refractivity contribution is -0.122. The molecule has 1 aromatic carbocycles. The lowest BCUT2D eigenvalue weighted by Gasteiger charge is -2.06. The van der Waals surface area contributed by atoms with Crippen LogP contribution in [0.25, 0.3) is 0 Å². The monoisotopic (exact) mass is 266 g/mol. The van der Waals surface area contributed by atoms with Gasteiger partial charge >= 0.3 is 5.97 Å². The van der Waals surface area contributed by atoms with Gasteiger partial charge in [0.2, 0.25) is 5.91 Å². The third kappa shape index (κ3) is 5.98. The number of ether oxygens (including phenoxy) is 2. The van der Waals surface area contributed by atoms with E-state index in [4.69, 9.17) is 10.5 Å². The van der Waals surface area contributed by atoms with Gasteiger partial charge in [-0.25, -0.2) is 4.79 Å². The largest absolute Gasteiger partial charge is 0.465 e. The van der Waals surface area contributed by atoms with Crippen molar-refractivity contribution in [1.82, 2.24) is 5.32 Å². The van der Waals surface area contributed by atoms with Crippen LogP contribution in [0.4, 0.5) is 0 Å². The molecule has 0 bridgehead atoms. The van der Waals surface area contributed by atoms with Crippen molar-refractivity contribution in [3.63, 3.8) is 0 Å². The molecule has 19 heavy (non-hydrogen) atoms. The highest BCUT2D eigenvalue weighted by atomic mass is 16.5. The Morgan fingerprint density at radius 2 is 1.95 bits per heavy atom. The van der Waals surface area contributed by atoms with Crippen molar-refractivity contribution in [2.75, 3.05) is 26.9 Å². The predicted octanol–water partition coefficient (Wildman–Crippen LogP) is 0.0647. The molecule has 104 valence electrons. The van der Waals surface area contributed by atoms with Crippen LogP contribution < -0.4 is 11.1 Å². The van der Waals surface area contributed by atoms with Crippen molar-refractivity contribution in [1.29, 1.82) is 0 Å². The smallest absolute Gasteiger partial charge is 0.337 e. The Hall–Kier alpha value is -1.92. The van der Waals surface area contributed by atoms with E-state index in [0.29, 0.717) is 25.3 Å². The normalized spacial score (nSPS) is 10.2. The van der Waals surface area contributed by atoms with Gasteiger partial charge in [0.25, 0.3) is 0 Å². The zero-order valence-corrected chi connectivity index (χ0v) is 10.8. The Morgan fingerprint density at radius 3 is 2.53 bits per heavy atom. The molecule has 6 heteroatoms. The molecule has 0 aliphatic carbocycles. The van der Waals surface area contributed by atoms with Gasteiger partial charge in [0.05, 0.1) is 19.3 Å². The van der Waals surface area contributed by atoms with Crippen molar-refractivity contribution >= 4 is 11.9 Å². The molecule has 0 unspecified atom stereocenters. The van der Waals surface area contributed by atoms with Gasteiger partial charge in [0.1, 0.15) is 6.61 Å². The van der Waals surface area contributed by atoms with Crippen LogP contribution in [0.1, 0.15) is 15.9 Å². The highest BCUT2D eigenvalue weighted by molar-refractivity contribution is 5.89. The third-order valence-electron chi connectivity index (χ3n) is 2.37. The minimum Gasteiger partial charge on any atom is -0.465 e. The van der Waals surface area contributed by atoms with Crippen LogP contribution >= 0.6 is 0 Å². The molecule has 1 rings (SSSR count). The third-order valence-corrected chi connectivity index (χ3v) is 2.37. The van der Waals surface area contributed by atoms with E-state index < -0.39 is 5.91 Å². The Kier molecular flexibility index (Phi) is 6.56. The van der Waals surface area contributed by atoms with E-state index in [-0.39, 0.29) is 12.6 Å². The van der Waals surface area contributed by atoms with Gasteiger partial charge in [-0.1, -0.05) is 12.1 Å².